The number of aliphatic hydroxyl groups excluding tert-OH is 5. The third-order valence-electron chi connectivity index (χ3n) is 13.5. The third kappa shape index (κ3) is 36.3. The van der Waals surface area contributed by atoms with Crippen LogP contribution in [-0.4, -0.2) is 87.5 Å². The maximum Gasteiger partial charge on any atom is 0.220 e. The second-order valence-electron chi connectivity index (χ2n) is 19.7. The van der Waals surface area contributed by atoms with Crippen LogP contribution in [0, 0.1) is 0 Å². The molecule has 1 saturated heterocycles. The number of hydrogen-bond acceptors (Lipinski definition) is 8. The van der Waals surface area contributed by atoms with Gasteiger partial charge >= 0.3 is 0 Å². The highest BCUT2D eigenvalue weighted by Crippen LogP contribution is 2.23. The first-order valence-corrected chi connectivity index (χ1v) is 28.1. The van der Waals surface area contributed by atoms with E-state index in [9.17, 15) is 30.3 Å². The fourth-order valence-electron chi connectivity index (χ4n) is 9.06. The normalized spacial score (nSPS) is 20.0. The van der Waals surface area contributed by atoms with E-state index in [1.165, 1.54) is 212 Å². The van der Waals surface area contributed by atoms with Crippen LogP contribution in [0.1, 0.15) is 271 Å². The number of carbonyl (C=O) groups excluding carboxylic acids is 1. The van der Waals surface area contributed by atoms with Crippen LogP contribution in [0.2, 0.25) is 0 Å². The molecule has 7 unspecified atom stereocenters. The van der Waals surface area contributed by atoms with Gasteiger partial charge in [0.1, 0.15) is 24.4 Å². The van der Waals surface area contributed by atoms with E-state index >= 15 is 0 Å². The topological polar surface area (TPSA) is 149 Å². The highest BCUT2D eigenvalue weighted by atomic mass is 16.7. The van der Waals surface area contributed by atoms with Crippen molar-refractivity contribution >= 4 is 5.91 Å². The van der Waals surface area contributed by atoms with Gasteiger partial charge in [0.15, 0.2) is 6.29 Å². The molecule has 0 aromatic rings. The van der Waals surface area contributed by atoms with Crippen molar-refractivity contribution in [2.75, 3.05) is 13.2 Å². The van der Waals surface area contributed by atoms with Gasteiger partial charge in [0, 0.05) is 6.42 Å². The van der Waals surface area contributed by atoms with E-state index in [2.05, 4.69) is 31.3 Å². The van der Waals surface area contributed by atoms with Crippen molar-refractivity contribution in [1.82, 2.24) is 5.32 Å². The Kier molecular flexibility index (Phi) is 44.0. The first-order chi connectivity index (χ1) is 31.8. The Bertz CT molecular complexity index is 1070. The van der Waals surface area contributed by atoms with Crippen molar-refractivity contribution in [3.8, 4) is 0 Å². The van der Waals surface area contributed by atoms with Crippen molar-refractivity contribution < 1.29 is 39.8 Å². The number of hydrogen-bond donors (Lipinski definition) is 6. The van der Waals surface area contributed by atoms with Crippen LogP contribution in [-0.2, 0) is 14.3 Å². The Morgan fingerprint density at radius 1 is 0.508 bits per heavy atom. The average Bonchev–Trinajstić information content (AvgIpc) is 3.31. The summed E-state index contributed by atoms with van der Waals surface area (Å²) in [5.74, 6) is -0.182. The molecule has 0 spiro atoms. The Balaban J connectivity index is 2.25. The zero-order valence-electron chi connectivity index (χ0n) is 42.5. The van der Waals surface area contributed by atoms with Crippen LogP contribution < -0.4 is 5.32 Å². The highest BCUT2D eigenvalue weighted by molar-refractivity contribution is 5.76. The summed E-state index contributed by atoms with van der Waals surface area (Å²) in [6.45, 7) is 3.80. The second kappa shape index (κ2) is 46.4. The first kappa shape index (κ1) is 61.7. The Morgan fingerprint density at radius 3 is 1.29 bits per heavy atom. The number of nitrogens with one attached hydrogen (secondary N) is 1. The smallest absolute Gasteiger partial charge is 0.220 e. The molecular weight excluding hydrogens is 815 g/mol. The number of amides is 1. The van der Waals surface area contributed by atoms with E-state index < -0.39 is 49.5 Å². The predicted octanol–water partition coefficient (Wildman–Crippen LogP) is 13.4. The summed E-state index contributed by atoms with van der Waals surface area (Å²) in [7, 11) is 0. The van der Waals surface area contributed by atoms with E-state index in [-0.39, 0.29) is 12.5 Å². The fourth-order valence-corrected chi connectivity index (χ4v) is 9.06. The van der Waals surface area contributed by atoms with Crippen LogP contribution in [0.3, 0.4) is 0 Å². The molecule has 1 heterocycles. The van der Waals surface area contributed by atoms with Crippen LogP contribution in [0.25, 0.3) is 0 Å². The van der Waals surface area contributed by atoms with Crippen molar-refractivity contribution in [2.24, 2.45) is 0 Å². The number of ether oxygens (including phenoxy) is 2. The molecule has 1 fully saturated rings. The highest BCUT2D eigenvalue weighted by Gasteiger charge is 2.44. The van der Waals surface area contributed by atoms with Crippen LogP contribution in [0.5, 0.6) is 0 Å². The Hall–Kier alpha value is -1.33. The van der Waals surface area contributed by atoms with E-state index in [4.69, 9.17) is 9.47 Å². The maximum atomic E-state index is 13.0. The van der Waals surface area contributed by atoms with Gasteiger partial charge in [-0.25, -0.2) is 0 Å². The van der Waals surface area contributed by atoms with Crippen molar-refractivity contribution in [1.29, 1.82) is 0 Å². The van der Waals surface area contributed by atoms with Crippen LogP contribution in [0.4, 0.5) is 0 Å². The average molecular weight is 922 g/mol. The summed E-state index contributed by atoms with van der Waals surface area (Å²) in [6.07, 6.45) is 51.0. The molecule has 384 valence electrons. The lowest BCUT2D eigenvalue weighted by Gasteiger charge is -2.40. The molecule has 0 radical (unpaired) electrons. The van der Waals surface area contributed by atoms with Crippen molar-refractivity contribution in [2.45, 2.75) is 314 Å². The molecule has 9 nitrogen and oxygen atoms in total. The molecule has 65 heavy (non-hydrogen) atoms. The lowest BCUT2D eigenvalue weighted by atomic mass is 9.99. The number of aliphatic hydroxyl groups is 5. The van der Waals surface area contributed by atoms with Crippen molar-refractivity contribution in [3.05, 3.63) is 24.3 Å². The van der Waals surface area contributed by atoms with Gasteiger partial charge in [0.2, 0.25) is 5.91 Å². The molecule has 0 aromatic heterocycles. The zero-order chi connectivity index (χ0) is 47.3. The lowest BCUT2D eigenvalue weighted by molar-refractivity contribution is -0.302. The molecule has 7 atom stereocenters. The molecule has 1 aliphatic heterocycles. The number of rotatable bonds is 48. The van der Waals surface area contributed by atoms with Crippen LogP contribution >= 0.6 is 0 Å². The summed E-state index contributed by atoms with van der Waals surface area (Å²) in [6, 6.07) is -0.818. The van der Waals surface area contributed by atoms with E-state index in [1.54, 1.807) is 6.08 Å². The fraction of sp³-hybridized carbons (Fsp3) is 0.911. The summed E-state index contributed by atoms with van der Waals surface area (Å²) < 4.78 is 11.2. The molecule has 0 bridgehead atoms. The number of unbranched alkanes of at least 4 members (excludes halogenated alkanes) is 36. The predicted molar refractivity (Wildman–Crippen MR) is 272 cm³/mol. The van der Waals surface area contributed by atoms with Crippen molar-refractivity contribution in [3.63, 3.8) is 0 Å². The lowest BCUT2D eigenvalue weighted by Crippen LogP contribution is -2.60. The van der Waals surface area contributed by atoms with E-state index in [0.717, 1.165) is 38.5 Å². The summed E-state index contributed by atoms with van der Waals surface area (Å²) in [4.78, 5) is 13.0. The van der Waals surface area contributed by atoms with E-state index in [0.29, 0.717) is 6.42 Å². The summed E-state index contributed by atoms with van der Waals surface area (Å²) >= 11 is 0. The van der Waals surface area contributed by atoms with Gasteiger partial charge in [-0.15, -0.1) is 0 Å². The largest absolute Gasteiger partial charge is 0.394 e. The second-order valence-corrected chi connectivity index (χ2v) is 19.7. The quantitative estimate of drug-likeness (QED) is 0.0261. The molecule has 0 aromatic carbocycles. The molecule has 1 amide bonds. The van der Waals surface area contributed by atoms with Gasteiger partial charge in [-0.2, -0.15) is 0 Å². The van der Waals surface area contributed by atoms with Gasteiger partial charge in [-0.1, -0.05) is 256 Å². The minimum atomic E-state index is -1.57. The van der Waals surface area contributed by atoms with Gasteiger partial charge < -0.3 is 40.3 Å². The van der Waals surface area contributed by atoms with Crippen LogP contribution in [0.15, 0.2) is 24.3 Å². The first-order valence-electron chi connectivity index (χ1n) is 28.1. The molecule has 1 aliphatic rings. The number of allylic oxidation sites excluding steroid dienone is 3. The Morgan fingerprint density at radius 2 is 0.877 bits per heavy atom. The molecule has 1 rings (SSSR count). The summed E-state index contributed by atoms with van der Waals surface area (Å²) in [5, 5.41) is 54.4. The molecule has 9 heteroatoms. The molecule has 6 N–H and O–H groups in total. The van der Waals surface area contributed by atoms with Gasteiger partial charge in [-0.3, -0.25) is 4.79 Å². The third-order valence-corrected chi connectivity index (χ3v) is 13.5. The summed E-state index contributed by atoms with van der Waals surface area (Å²) in [5.41, 5.74) is 0. The zero-order valence-corrected chi connectivity index (χ0v) is 42.5. The van der Waals surface area contributed by atoms with E-state index in [1.807, 2.05) is 6.08 Å². The minimum Gasteiger partial charge on any atom is -0.394 e. The number of carbonyl (C=O) groups is 1. The molecule has 0 aliphatic carbocycles. The van der Waals surface area contributed by atoms with Gasteiger partial charge in [0.25, 0.3) is 0 Å². The molecule has 0 saturated carbocycles. The SMILES string of the molecule is CCCCCCCCCCCCCCCCCCCCC/C=C/CC/C=C/C(O)C(COC1OC(CO)C(O)C(O)C1O)NC(=O)CCCCCCCCCCCCCCCCCCC. The monoisotopic (exact) mass is 922 g/mol. The van der Waals surface area contributed by atoms with Gasteiger partial charge in [-0.05, 0) is 32.1 Å². The van der Waals surface area contributed by atoms with Gasteiger partial charge in [0.05, 0.1) is 25.4 Å². The molecular formula is C56H107NO8. The standard InChI is InChI=1S/C56H107NO8/c1-3-5-7-9-11-13-15-17-19-21-22-23-24-25-26-27-28-30-31-33-35-37-39-41-43-45-50(59)49(48-64-56-55(63)54(62)53(61)51(47-58)65-56)57-52(60)46-44-42-40-38-36-34-32-29-20-18-16-14-12-10-8-6-4-2/h35,37,43,45,49-51,53-56,58-59,61-63H,3-34,36,38-42,44,46-48H2,1-2H3,(H,57,60)/b37-35+,45-43+. The maximum absolute atomic E-state index is 13.0. The Labute approximate surface area is 400 Å². The minimum absolute atomic E-state index is 0.182.